The second-order valence-electron chi connectivity index (χ2n) is 4.27. The van der Waals surface area contributed by atoms with Crippen LogP contribution in [-0.4, -0.2) is 11.7 Å². The van der Waals surface area contributed by atoms with Gasteiger partial charge in [0, 0.05) is 11.4 Å². The van der Waals surface area contributed by atoms with Gasteiger partial charge >= 0.3 is 0 Å². The Labute approximate surface area is 124 Å². The number of halogens is 3. The summed E-state index contributed by atoms with van der Waals surface area (Å²) in [5.41, 5.74) is 0.780. The topological polar surface area (TPSA) is 29.1 Å². The number of nitrogens with one attached hydrogen (secondary N) is 1. The lowest BCUT2D eigenvalue weighted by Crippen LogP contribution is -2.24. The molecule has 2 nitrogen and oxygen atoms in total. The first kappa shape index (κ1) is 15.4. The first-order valence-electron chi connectivity index (χ1n) is 6.13. The van der Waals surface area contributed by atoms with E-state index in [4.69, 9.17) is 0 Å². The standard InChI is InChI=1S/C15H12F3NOS/c16-11-3-1-10(2-4-11)8-19-15(20)9-21-12-5-6-13(17)14(18)7-12/h1-7H,8-9H2,(H,19,20). The van der Waals surface area contributed by atoms with Crippen LogP contribution in [0.2, 0.25) is 0 Å². The average molecular weight is 311 g/mol. The number of rotatable bonds is 5. The Bertz CT molecular complexity index is 631. The molecule has 1 amide bonds. The van der Waals surface area contributed by atoms with Crippen LogP contribution in [0.5, 0.6) is 0 Å². The average Bonchev–Trinajstić information content (AvgIpc) is 2.48. The van der Waals surface area contributed by atoms with Crippen LogP contribution >= 0.6 is 11.8 Å². The van der Waals surface area contributed by atoms with Crippen LogP contribution in [0.4, 0.5) is 13.2 Å². The number of carbonyl (C=O) groups excluding carboxylic acids is 1. The fourth-order valence-corrected chi connectivity index (χ4v) is 2.32. The number of thioether (sulfide) groups is 1. The predicted octanol–water partition coefficient (Wildman–Crippen LogP) is 3.51. The first-order chi connectivity index (χ1) is 10.0. The van der Waals surface area contributed by atoms with E-state index in [0.717, 1.165) is 29.5 Å². The molecule has 0 heterocycles. The zero-order valence-corrected chi connectivity index (χ0v) is 11.7. The Morgan fingerprint density at radius 1 is 1.00 bits per heavy atom. The van der Waals surface area contributed by atoms with Crippen molar-refractivity contribution in [3.05, 3.63) is 65.5 Å². The molecule has 0 unspecified atom stereocenters. The summed E-state index contributed by atoms with van der Waals surface area (Å²) in [6.07, 6.45) is 0. The Hall–Kier alpha value is -1.95. The summed E-state index contributed by atoms with van der Waals surface area (Å²) in [6.45, 7) is 0.289. The third-order valence-corrected chi connectivity index (χ3v) is 3.66. The zero-order valence-electron chi connectivity index (χ0n) is 10.9. The molecule has 0 saturated heterocycles. The lowest BCUT2D eigenvalue weighted by Gasteiger charge is -2.05. The summed E-state index contributed by atoms with van der Waals surface area (Å²) in [5.74, 6) is -2.34. The second-order valence-corrected chi connectivity index (χ2v) is 5.32. The Balaban J connectivity index is 1.79. The molecule has 2 rings (SSSR count). The zero-order chi connectivity index (χ0) is 15.2. The molecule has 0 aromatic heterocycles. The molecule has 2 aromatic rings. The summed E-state index contributed by atoms with van der Waals surface area (Å²) < 4.78 is 38.4. The largest absolute Gasteiger partial charge is 0.351 e. The van der Waals surface area contributed by atoms with Crippen LogP contribution in [-0.2, 0) is 11.3 Å². The third-order valence-electron chi connectivity index (χ3n) is 2.66. The summed E-state index contributed by atoms with van der Waals surface area (Å²) in [7, 11) is 0. The summed E-state index contributed by atoms with van der Waals surface area (Å²) in [4.78, 5) is 12.1. The van der Waals surface area contributed by atoms with Crippen LogP contribution < -0.4 is 5.32 Å². The van der Waals surface area contributed by atoms with Crippen molar-refractivity contribution in [2.75, 3.05) is 5.75 Å². The molecule has 2 aromatic carbocycles. The van der Waals surface area contributed by atoms with E-state index in [9.17, 15) is 18.0 Å². The Morgan fingerprint density at radius 2 is 1.71 bits per heavy atom. The summed E-state index contributed by atoms with van der Waals surface area (Å²) in [5, 5.41) is 2.66. The van der Waals surface area contributed by atoms with E-state index in [1.165, 1.54) is 18.2 Å². The van der Waals surface area contributed by atoms with Gasteiger partial charge in [0.15, 0.2) is 11.6 Å². The smallest absolute Gasteiger partial charge is 0.230 e. The lowest BCUT2D eigenvalue weighted by molar-refractivity contribution is -0.118. The van der Waals surface area contributed by atoms with Crippen molar-refractivity contribution in [3.8, 4) is 0 Å². The molecule has 0 fully saturated rings. The molecule has 21 heavy (non-hydrogen) atoms. The fraction of sp³-hybridized carbons (Fsp3) is 0.133. The van der Waals surface area contributed by atoms with E-state index in [2.05, 4.69) is 5.32 Å². The van der Waals surface area contributed by atoms with Crippen molar-refractivity contribution in [2.45, 2.75) is 11.4 Å². The van der Waals surface area contributed by atoms with Crippen molar-refractivity contribution in [1.82, 2.24) is 5.32 Å². The van der Waals surface area contributed by atoms with Gasteiger partial charge in [0.2, 0.25) is 5.91 Å². The van der Waals surface area contributed by atoms with Crippen LogP contribution in [0, 0.1) is 17.5 Å². The van der Waals surface area contributed by atoms with Gasteiger partial charge in [0.1, 0.15) is 5.82 Å². The number of benzene rings is 2. The molecule has 0 aliphatic rings. The maximum Gasteiger partial charge on any atom is 0.230 e. The van der Waals surface area contributed by atoms with E-state index in [1.807, 2.05) is 0 Å². The van der Waals surface area contributed by atoms with Crippen molar-refractivity contribution in [2.24, 2.45) is 0 Å². The number of carbonyl (C=O) groups is 1. The van der Waals surface area contributed by atoms with Crippen molar-refractivity contribution >= 4 is 17.7 Å². The maximum atomic E-state index is 13.0. The predicted molar refractivity (Wildman–Crippen MR) is 75.3 cm³/mol. The number of amides is 1. The number of hydrogen-bond donors (Lipinski definition) is 1. The molecular weight excluding hydrogens is 299 g/mol. The molecule has 0 atom stereocenters. The highest BCUT2D eigenvalue weighted by molar-refractivity contribution is 8.00. The van der Waals surface area contributed by atoms with E-state index in [1.54, 1.807) is 12.1 Å². The molecular formula is C15H12F3NOS. The van der Waals surface area contributed by atoms with Crippen LogP contribution in [0.25, 0.3) is 0 Å². The van der Waals surface area contributed by atoms with Gasteiger partial charge in [-0.3, -0.25) is 4.79 Å². The lowest BCUT2D eigenvalue weighted by atomic mass is 10.2. The van der Waals surface area contributed by atoms with Crippen molar-refractivity contribution in [1.29, 1.82) is 0 Å². The van der Waals surface area contributed by atoms with Crippen LogP contribution in [0.15, 0.2) is 47.4 Å². The van der Waals surface area contributed by atoms with Gasteiger partial charge in [-0.1, -0.05) is 12.1 Å². The highest BCUT2D eigenvalue weighted by Crippen LogP contribution is 2.20. The minimum absolute atomic E-state index is 0.0896. The van der Waals surface area contributed by atoms with Crippen molar-refractivity contribution < 1.29 is 18.0 Å². The van der Waals surface area contributed by atoms with E-state index < -0.39 is 11.6 Å². The minimum atomic E-state index is -0.938. The highest BCUT2D eigenvalue weighted by atomic mass is 32.2. The molecule has 0 radical (unpaired) electrons. The molecule has 0 aliphatic heterocycles. The van der Waals surface area contributed by atoms with Gasteiger partial charge in [0.25, 0.3) is 0 Å². The first-order valence-corrected chi connectivity index (χ1v) is 7.12. The Morgan fingerprint density at radius 3 is 2.38 bits per heavy atom. The summed E-state index contributed by atoms with van der Waals surface area (Å²) in [6, 6.07) is 9.28. The van der Waals surface area contributed by atoms with Gasteiger partial charge in [0.05, 0.1) is 5.75 Å². The molecule has 0 saturated carbocycles. The van der Waals surface area contributed by atoms with Gasteiger partial charge in [-0.25, -0.2) is 13.2 Å². The quantitative estimate of drug-likeness (QED) is 0.856. The molecule has 110 valence electrons. The van der Waals surface area contributed by atoms with Gasteiger partial charge in [-0.15, -0.1) is 11.8 Å². The van der Waals surface area contributed by atoms with Gasteiger partial charge in [-0.05, 0) is 35.9 Å². The molecule has 6 heteroatoms. The van der Waals surface area contributed by atoms with Gasteiger partial charge < -0.3 is 5.32 Å². The van der Waals surface area contributed by atoms with E-state index in [0.29, 0.717) is 4.90 Å². The summed E-state index contributed by atoms with van der Waals surface area (Å²) >= 11 is 1.11. The highest BCUT2D eigenvalue weighted by Gasteiger charge is 2.06. The fourth-order valence-electron chi connectivity index (χ4n) is 1.57. The minimum Gasteiger partial charge on any atom is -0.351 e. The third kappa shape index (κ3) is 4.82. The number of hydrogen-bond acceptors (Lipinski definition) is 2. The normalized spacial score (nSPS) is 10.4. The van der Waals surface area contributed by atoms with E-state index in [-0.39, 0.29) is 24.0 Å². The van der Waals surface area contributed by atoms with Crippen LogP contribution in [0.1, 0.15) is 5.56 Å². The van der Waals surface area contributed by atoms with Crippen LogP contribution in [0.3, 0.4) is 0 Å². The SMILES string of the molecule is O=C(CSc1ccc(F)c(F)c1)NCc1ccc(F)cc1. The van der Waals surface area contributed by atoms with Crippen molar-refractivity contribution in [3.63, 3.8) is 0 Å². The van der Waals surface area contributed by atoms with Gasteiger partial charge in [-0.2, -0.15) is 0 Å². The molecule has 1 N–H and O–H groups in total. The second kappa shape index (κ2) is 7.17. The molecule has 0 bridgehead atoms. The maximum absolute atomic E-state index is 13.0. The molecule has 0 aliphatic carbocycles. The monoisotopic (exact) mass is 311 g/mol. The van der Waals surface area contributed by atoms with E-state index >= 15 is 0 Å². The Kier molecular flexibility index (Phi) is 5.27. The molecule has 0 spiro atoms.